The lowest BCUT2D eigenvalue weighted by Crippen LogP contribution is -2.46. The number of carbonyl (C=O) groups excluding carboxylic acids is 1. The monoisotopic (exact) mass is 314 g/mol. The summed E-state index contributed by atoms with van der Waals surface area (Å²) in [5, 5.41) is 0.162. The number of hydrogen-bond donors (Lipinski definition) is 1. The van der Waals surface area contributed by atoms with Crippen LogP contribution in [-0.4, -0.2) is 36.5 Å². The molecule has 2 atom stereocenters. The van der Waals surface area contributed by atoms with E-state index in [-0.39, 0.29) is 23.6 Å². The molecule has 2 rings (SSSR count). The van der Waals surface area contributed by atoms with Gasteiger partial charge < -0.3 is 15.4 Å². The second-order valence-corrected chi connectivity index (χ2v) is 5.87. The average molecular weight is 315 g/mol. The van der Waals surface area contributed by atoms with Gasteiger partial charge in [0, 0.05) is 19.1 Å². The summed E-state index contributed by atoms with van der Waals surface area (Å²) >= 11 is 5.86. The van der Waals surface area contributed by atoms with Crippen LogP contribution in [0.1, 0.15) is 19.8 Å². The highest BCUT2D eigenvalue weighted by atomic mass is 35.5. The van der Waals surface area contributed by atoms with Crippen LogP contribution in [-0.2, 0) is 4.79 Å². The number of ether oxygens (including phenoxy) is 1. The summed E-state index contributed by atoms with van der Waals surface area (Å²) in [6, 6.07) is 3.91. The van der Waals surface area contributed by atoms with Crippen LogP contribution in [0.5, 0.6) is 5.75 Å². The van der Waals surface area contributed by atoms with E-state index in [0.29, 0.717) is 18.2 Å². The Morgan fingerprint density at radius 3 is 3.05 bits per heavy atom. The molecule has 2 unspecified atom stereocenters. The SMILES string of the molecule is CC(N)C1CCCN(C(=O)COc2ccc(F)cc2Cl)C1. The molecular weight excluding hydrogens is 295 g/mol. The van der Waals surface area contributed by atoms with Gasteiger partial charge in [0.2, 0.25) is 0 Å². The summed E-state index contributed by atoms with van der Waals surface area (Å²) < 4.78 is 18.3. The van der Waals surface area contributed by atoms with Crippen molar-refractivity contribution in [2.24, 2.45) is 11.7 Å². The highest BCUT2D eigenvalue weighted by Crippen LogP contribution is 2.25. The largest absolute Gasteiger partial charge is 0.482 e. The lowest BCUT2D eigenvalue weighted by Gasteiger charge is -2.34. The van der Waals surface area contributed by atoms with Gasteiger partial charge in [-0.1, -0.05) is 11.6 Å². The number of hydrogen-bond acceptors (Lipinski definition) is 3. The Morgan fingerprint density at radius 1 is 1.62 bits per heavy atom. The van der Waals surface area contributed by atoms with Crippen molar-refractivity contribution in [2.75, 3.05) is 19.7 Å². The van der Waals surface area contributed by atoms with E-state index in [2.05, 4.69) is 0 Å². The summed E-state index contributed by atoms with van der Waals surface area (Å²) in [6.07, 6.45) is 2.00. The second-order valence-electron chi connectivity index (χ2n) is 5.46. The Morgan fingerprint density at radius 2 is 2.38 bits per heavy atom. The van der Waals surface area contributed by atoms with Crippen LogP contribution in [0.3, 0.4) is 0 Å². The van der Waals surface area contributed by atoms with E-state index in [4.69, 9.17) is 22.1 Å². The zero-order chi connectivity index (χ0) is 15.4. The fourth-order valence-corrected chi connectivity index (χ4v) is 2.71. The van der Waals surface area contributed by atoms with Crippen molar-refractivity contribution in [1.29, 1.82) is 0 Å². The van der Waals surface area contributed by atoms with Gasteiger partial charge in [-0.05, 0) is 43.9 Å². The molecule has 0 spiro atoms. The maximum absolute atomic E-state index is 12.9. The number of amides is 1. The number of benzene rings is 1. The Balaban J connectivity index is 1.89. The highest BCUT2D eigenvalue weighted by Gasteiger charge is 2.26. The van der Waals surface area contributed by atoms with E-state index in [0.717, 1.165) is 25.5 Å². The topological polar surface area (TPSA) is 55.6 Å². The Kier molecular flexibility index (Phi) is 5.42. The van der Waals surface area contributed by atoms with Gasteiger partial charge in [0.1, 0.15) is 11.6 Å². The summed E-state index contributed by atoms with van der Waals surface area (Å²) in [5.41, 5.74) is 5.91. The smallest absolute Gasteiger partial charge is 0.260 e. The summed E-state index contributed by atoms with van der Waals surface area (Å²) in [7, 11) is 0. The molecule has 6 heteroatoms. The Bertz CT molecular complexity index is 510. The van der Waals surface area contributed by atoms with Crippen molar-refractivity contribution in [3.05, 3.63) is 29.0 Å². The second kappa shape index (κ2) is 7.09. The van der Waals surface area contributed by atoms with E-state index in [9.17, 15) is 9.18 Å². The van der Waals surface area contributed by atoms with Crippen LogP contribution in [0.25, 0.3) is 0 Å². The molecule has 0 bridgehead atoms. The molecule has 1 aliphatic heterocycles. The molecule has 0 saturated carbocycles. The molecule has 116 valence electrons. The predicted octanol–water partition coefficient (Wildman–Crippen LogP) is 2.44. The van der Waals surface area contributed by atoms with Crippen molar-refractivity contribution >= 4 is 17.5 Å². The van der Waals surface area contributed by atoms with Gasteiger partial charge in [-0.3, -0.25) is 4.79 Å². The van der Waals surface area contributed by atoms with Crippen LogP contribution in [0.4, 0.5) is 4.39 Å². The van der Waals surface area contributed by atoms with Crippen molar-refractivity contribution in [2.45, 2.75) is 25.8 Å². The van der Waals surface area contributed by atoms with Crippen LogP contribution in [0.2, 0.25) is 5.02 Å². The van der Waals surface area contributed by atoms with E-state index in [1.54, 1.807) is 4.90 Å². The van der Waals surface area contributed by atoms with Crippen molar-refractivity contribution in [3.8, 4) is 5.75 Å². The number of rotatable bonds is 4. The van der Waals surface area contributed by atoms with Crippen LogP contribution < -0.4 is 10.5 Å². The van der Waals surface area contributed by atoms with Crippen molar-refractivity contribution in [1.82, 2.24) is 4.90 Å². The minimum Gasteiger partial charge on any atom is -0.482 e. The molecule has 0 aromatic heterocycles. The molecule has 1 aromatic carbocycles. The summed E-state index contributed by atoms with van der Waals surface area (Å²) in [4.78, 5) is 13.9. The molecule has 1 aromatic rings. The van der Waals surface area contributed by atoms with Crippen LogP contribution in [0.15, 0.2) is 18.2 Å². The molecule has 1 heterocycles. The summed E-state index contributed by atoms with van der Waals surface area (Å²) in [6.45, 7) is 3.25. The fourth-order valence-electron chi connectivity index (χ4n) is 2.49. The first-order valence-corrected chi connectivity index (χ1v) is 7.46. The zero-order valence-electron chi connectivity index (χ0n) is 12.0. The molecule has 1 saturated heterocycles. The third kappa shape index (κ3) is 4.32. The molecule has 1 amide bonds. The van der Waals surface area contributed by atoms with Crippen molar-refractivity contribution in [3.63, 3.8) is 0 Å². The van der Waals surface area contributed by atoms with Gasteiger partial charge in [-0.25, -0.2) is 4.39 Å². The average Bonchev–Trinajstić information content (AvgIpc) is 2.46. The molecule has 0 radical (unpaired) electrons. The summed E-state index contributed by atoms with van der Waals surface area (Å²) in [5.74, 6) is 0.111. The quantitative estimate of drug-likeness (QED) is 0.928. The lowest BCUT2D eigenvalue weighted by atomic mass is 9.92. The van der Waals surface area contributed by atoms with E-state index < -0.39 is 5.82 Å². The molecule has 1 fully saturated rings. The standard InChI is InChI=1S/C15H20ClFN2O2/c1-10(18)11-3-2-6-19(8-11)15(20)9-21-14-5-4-12(17)7-13(14)16/h4-5,7,10-11H,2-3,6,8-9,18H2,1H3. The molecule has 4 nitrogen and oxygen atoms in total. The minimum absolute atomic E-state index is 0.0769. The third-order valence-corrected chi connectivity index (χ3v) is 4.09. The van der Waals surface area contributed by atoms with Crippen molar-refractivity contribution < 1.29 is 13.9 Å². The predicted molar refractivity (Wildman–Crippen MR) is 79.9 cm³/mol. The number of likely N-dealkylation sites (tertiary alicyclic amines) is 1. The van der Waals surface area contributed by atoms with Crippen LogP contribution in [0, 0.1) is 11.7 Å². The Hall–Kier alpha value is -1.33. The number of nitrogens with zero attached hydrogens (tertiary/aromatic N) is 1. The first-order valence-electron chi connectivity index (χ1n) is 7.08. The maximum Gasteiger partial charge on any atom is 0.260 e. The lowest BCUT2D eigenvalue weighted by molar-refractivity contribution is -0.135. The van der Waals surface area contributed by atoms with E-state index in [1.165, 1.54) is 12.1 Å². The third-order valence-electron chi connectivity index (χ3n) is 3.80. The Labute approximate surface area is 129 Å². The van der Waals surface area contributed by atoms with Gasteiger partial charge >= 0.3 is 0 Å². The van der Waals surface area contributed by atoms with Gasteiger partial charge in [0.15, 0.2) is 6.61 Å². The number of halogens is 2. The van der Waals surface area contributed by atoms with Gasteiger partial charge in [-0.2, -0.15) is 0 Å². The number of nitrogens with two attached hydrogens (primary N) is 1. The molecule has 0 aliphatic carbocycles. The first-order chi connectivity index (χ1) is 9.97. The first kappa shape index (κ1) is 16.0. The molecule has 21 heavy (non-hydrogen) atoms. The highest BCUT2D eigenvalue weighted by molar-refractivity contribution is 6.32. The molecule has 1 aliphatic rings. The maximum atomic E-state index is 12.9. The number of carbonyl (C=O) groups is 1. The molecule has 2 N–H and O–H groups in total. The number of piperidine rings is 1. The minimum atomic E-state index is -0.436. The van der Waals surface area contributed by atoms with Gasteiger partial charge in [0.05, 0.1) is 5.02 Å². The normalized spacial score (nSPS) is 20.2. The van der Waals surface area contributed by atoms with Gasteiger partial charge in [0.25, 0.3) is 5.91 Å². The zero-order valence-corrected chi connectivity index (χ0v) is 12.8. The van der Waals surface area contributed by atoms with E-state index in [1.807, 2.05) is 6.92 Å². The fraction of sp³-hybridized carbons (Fsp3) is 0.533. The van der Waals surface area contributed by atoms with Gasteiger partial charge in [-0.15, -0.1) is 0 Å². The molecular formula is C15H20ClFN2O2. The van der Waals surface area contributed by atoms with E-state index >= 15 is 0 Å². The van der Waals surface area contributed by atoms with Crippen LogP contribution >= 0.6 is 11.6 Å².